The number of nitrogens with zero attached hydrogens (tertiary/aromatic N) is 2. The molecule has 0 spiro atoms. The molecule has 0 N–H and O–H groups in total. The molecule has 3 rings (SSSR count). The van der Waals surface area contributed by atoms with Crippen LogP contribution in [0.2, 0.25) is 0 Å². The first-order valence-corrected chi connectivity index (χ1v) is 6.34. The van der Waals surface area contributed by atoms with Crippen molar-refractivity contribution in [2.24, 2.45) is 0 Å². The number of hydrogen-bond acceptors (Lipinski definition) is 4. The number of methoxy groups -OCH3 is 1. The standard InChI is InChI=1S/C13H11FN2OS/c1-17-9-5-6-10-11(8-9)18-13(15-10)16-7-3-2-4-12(16)14/h2-6,8H,7H2,1H3/i14-1. The lowest BCUT2D eigenvalue weighted by Gasteiger charge is -2.19. The first-order chi connectivity index (χ1) is 8.78. The van der Waals surface area contributed by atoms with E-state index in [4.69, 9.17) is 4.74 Å². The van der Waals surface area contributed by atoms with Crippen molar-refractivity contribution in [3.63, 3.8) is 0 Å². The van der Waals surface area contributed by atoms with E-state index in [1.165, 1.54) is 17.4 Å². The van der Waals surface area contributed by atoms with Gasteiger partial charge in [-0.15, -0.1) is 0 Å². The number of halogens is 1. The van der Waals surface area contributed by atoms with Crippen LogP contribution in [0.25, 0.3) is 10.2 Å². The van der Waals surface area contributed by atoms with Crippen molar-refractivity contribution in [1.82, 2.24) is 4.98 Å². The molecule has 0 atom stereocenters. The van der Waals surface area contributed by atoms with Gasteiger partial charge in [0.2, 0.25) is 0 Å². The minimum atomic E-state index is -0.275. The molecule has 1 aromatic carbocycles. The third-order valence-electron chi connectivity index (χ3n) is 2.73. The van der Waals surface area contributed by atoms with E-state index < -0.39 is 0 Å². The molecule has 0 fully saturated rings. The summed E-state index contributed by atoms with van der Waals surface area (Å²) in [4.78, 5) is 5.99. The molecular formula is C13H11FN2OS. The van der Waals surface area contributed by atoms with Crippen LogP contribution in [0, 0.1) is 0 Å². The Balaban J connectivity index is 2.03. The monoisotopic (exact) mass is 261 g/mol. The Morgan fingerprint density at radius 1 is 1.44 bits per heavy atom. The molecule has 0 radical (unpaired) electrons. The molecule has 0 unspecified atom stereocenters. The van der Waals surface area contributed by atoms with Crippen LogP contribution in [0.4, 0.5) is 9.52 Å². The summed E-state index contributed by atoms with van der Waals surface area (Å²) >= 11 is 1.46. The van der Waals surface area contributed by atoms with Crippen molar-refractivity contribution in [1.29, 1.82) is 0 Å². The average Bonchev–Trinajstić information content (AvgIpc) is 2.81. The van der Waals surface area contributed by atoms with Crippen molar-refractivity contribution in [3.8, 4) is 5.75 Å². The fourth-order valence-corrected chi connectivity index (χ4v) is 2.80. The topological polar surface area (TPSA) is 25.4 Å². The van der Waals surface area contributed by atoms with Gasteiger partial charge in [-0.25, -0.2) is 4.98 Å². The van der Waals surface area contributed by atoms with Crippen molar-refractivity contribution in [2.45, 2.75) is 0 Å². The molecule has 1 aliphatic rings. The number of anilines is 1. The van der Waals surface area contributed by atoms with Crippen LogP contribution in [0.3, 0.4) is 0 Å². The Kier molecular flexibility index (Phi) is 2.76. The zero-order valence-electron chi connectivity index (χ0n) is 9.76. The molecule has 2 aromatic rings. The minimum absolute atomic E-state index is 0.275. The third kappa shape index (κ3) is 1.86. The van der Waals surface area contributed by atoms with Crippen molar-refractivity contribution < 1.29 is 9.13 Å². The number of allylic oxidation sites excluding steroid dienone is 2. The van der Waals surface area contributed by atoms with Gasteiger partial charge in [-0.2, -0.15) is 4.39 Å². The molecule has 18 heavy (non-hydrogen) atoms. The average molecular weight is 261 g/mol. The Hall–Kier alpha value is -1.88. The van der Waals surface area contributed by atoms with Gasteiger partial charge in [0.25, 0.3) is 0 Å². The highest BCUT2D eigenvalue weighted by molar-refractivity contribution is 7.22. The molecule has 0 bridgehead atoms. The highest BCUT2D eigenvalue weighted by Crippen LogP contribution is 2.33. The first-order valence-electron chi connectivity index (χ1n) is 5.52. The molecule has 0 saturated carbocycles. The molecule has 0 saturated heterocycles. The van der Waals surface area contributed by atoms with E-state index in [-0.39, 0.29) is 5.95 Å². The summed E-state index contributed by atoms with van der Waals surface area (Å²) < 4.78 is 19.8. The normalized spacial score (nSPS) is 15.0. The van der Waals surface area contributed by atoms with Crippen LogP contribution in [0.5, 0.6) is 5.75 Å². The van der Waals surface area contributed by atoms with Gasteiger partial charge in [-0.05, 0) is 24.3 Å². The van der Waals surface area contributed by atoms with Crippen LogP contribution in [0.15, 0.2) is 42.4 Å². The number of thiazole rings is 1. The summed E-state index contributed by atoms with van der Waals surface area (Å²) in [6.07, 6.45) is 5.05. The number of ether oxygens (including phenoxy) is 1. The lowest BCUT2D eigenvalue weighted by atomic mass is 10.3. The SMILES string of the molecule is COc1ccc2nc(N3CC=CC=C3[18F])sc2c1. The van der Waals surface area contributed by atoms with Crippen LogP contribution < -0.4 is 9.64 Å². The molecule has 92 valence electrons. The molecule has 1 aliphatic heterocycles. The van der Waals surface area contributed by atoms with Crippen LogP contribution in [0.1, 0.15) is 0 Å². The molecular weight excluding hydrogens is 250 g/mol. The van der Waals surface area contributed by atoms with Gasteiger partial charge in [-0.3, -0.25) is 4.90 Å². The maximum Gasteiger partial charge on any atom is 0.196 e. The molecule has 0 amide bonds. The predicted octanol–water partition coefficient (Wildman–Crippen LogP) is 3.49. The number of aromatic nitrogens is 1. The fraction of sp³-hybridized carbons (Fsp3) is 0.154. The van der Waals surface area contributed by atoms with Gasteiger partial charge in [0.1, 0.15) is 5.75 Å². The molecule has 0 aliphatic carbocycles. The minimum Gasteiger partial charge on any atom is -0.497 e. The zero-order chi connectivity index (χ0) is 12.5. The van der Waals surface area contributed by atoms with Crippen molar-refractivity contribution in [2.75, 3.05) is 18.6 Å². The van der Waals surface area contributed by atoms with E-state index in [2.05, 4.69) is 4.98 Å². The maximum absolute atomic E-state index is 13.7. The highest BCUT2D eigenvalue weighted by atomic mass is 32.1. The van der Waals surface area contributed by atoms with E-state index in [1.54, 1.807) is 18.1 Å². The first kappa shape index (κ1) is 11.2. The molecule has 3 nitrogen and oxygen atoms in total. The number of rotatable bonds is 2. The van der Waals surface area contributed by atoms with Gasteiger partial charge in [-0.1, -0.05) is 23.5 Å². The lowest BCUT2D eigenvalue weighted by Crippen LogP contribution is -2.21. The Labute approximate surface area is 108 Å². The predicted molar refractivity (Wildman–Crippen MR) is 71.8 cm³/mol. The maximum atomic E-state index is 13.7. The Bertz CT molecular complexity index is 647. The van der Waals surface area contributed by atoms with Crippen LogP contribution >= 0.6 is 11.3 Å². The van der Waals surface area contributed by atoms with E-state index in [0.717, 1.165) is 16.0 Å². The van der Waals surface area contributed by atoms with Gasteiger partial charge in [0, 0.05) is 6.54 Å². The van der Waals surface area contributed by atoms with E-state index >= 15 is 0 Å². The van der Waals surface area contributed by atoms with Crippen LogP contribution in [-0.2, 0) is 0 Å². The quantitative estimate of drug-likeness (QED) is 0.774. The van der Waals surface area contributed by atoms with Gasteiger partial charge in [0.15, 0.2) is 11.1 Å². The zero-order valence-corrected chi connectivity index (χ0v) is 10.6. The van der Waals surface area contributed by atoms with Crippen LogP contribution in [-0.4, -0.2) is 18.6 Å². The summed E-state index contributed by atoms with van der Waals surface area (Å²) in [5, 5.41) is 0.663. The second kappa shape index (κ2) is 4.42. The summed E-state index contributed by atoms with van der Waals surface area (Å²) in [6.45, 7) is 0.513. The summed E-state index contributed by atoms with van der Waals surface area (Å²) in [6, 6.07) is 5.65. The summed E-state index contributed by atoms with van der Waals surface area (Å²) in [7, 11) is 1.63. The smallest absolute Gasteiger partial charge is 0.196 e. The third-order valence-corrected chi connectivity index (χ3v) is 3.77. The summed E-state index contributed by atoms with van der Waals surface area (Å²) in [5.74, 6) is 0.510. The second-order valence-electron chi connectivity index (χ2n) is 3.86. The Morgan fingerprint density at radius 2 is 2.33 bits per heavy atom. The molecule has 5 heteroatoms. The number of hydrogen-bond donors (Lipinski definition) is 0. The molecule has 2 heterocycles. The summed E-state index contributed by atoms with van der Waals surface area (Å²) in [5.41, 5.74) is 0.859. The highest BCUT2D eigenvalue weighted by Gasteiger charge is 2.16. The van der Waals surface area contributed by atoms with E-state index in [1.807, 2.05) is 24.3 Å². The van der Waals surface area contributed by atoms with Crippen molar-refractivity contribution >= 4 is 26.7 Å². The van der Waals surface area contributed by atoms with Gasteiger partial charge >= 0.3 is 0 Å². The van der Waals surface area contributed by atoms with Gasteiger partial charge in [0.05, 0.1) is 17.3 Å². The van der Waals surface area contributed by atoms with Gasteiger partial charge < -0.3 is 4.74 Å². The van der Waals surface area contributed by atoms with E-state index in [0.29, 0.717) is 11.7 Å². The second-order valence-corrected chi connectivity index (χ2v) is 4.87. The lowest BCUT2D eigenvalue weighted by molar-refractivity contribution is 0.415. The largest absolute Gasteiger partial charge is 0.497 e. The number of fused-ring (bicyclic) bond motifs is 1. The van der Waals surface area contributed by atoms with Crippen molar-refractivity contribution in [3.05, 3.63) is 42.4 Å². The molecule has 1 aromatic heterocycles. The Morgan fingerprint density at radius 3 is 3.11 bits per heavy atom. The number of benzene rings is 1. The van der Waals surface area contributed by atoms with E-state index in [9.17, 15) is 4.39 Å². The fourth-order valence-electron chi connectivity index (χ4n) is 1.80.